The van der Waals surface area contributed by atoms with Crippen LogP contribution in [-0.2, 0) is 0 Å². The van der Waals surface area contributed by atoms with E-state index in [1.54, 1.807) is 13.0 Å². The summed E-state index contributed by atoms with van der Waals surface area (Å²) >= 11 is 0. The molecule has 0 spiro atoms. The molecule has 0 nitrogen and oxygen atoms in total. The molecule has 0 saturated heterocycles. The molecule has 0 aliphatic heterocycles. The largest absolute Gasteiger partial charge is 0.245 e. The van der Waals surface area contributed by atoms with Crippen molar-refractivity contribution in [3.05, 3.63) is 35.1 Å². The molecule has 1 rings (SSSR count). The maximum atomic E-state index is 13.0. The van der Waals surface area contributed by atoms with Crippen LogP contribution in [0.5, 0.6) is 0 Å². The first kappa shape index (κ1) is 10.1. The van der Waals surface area contributed by atoms with Gasteiger partial charge in [-0.1, -0.05) is 24.6 Å². The predicted molar refractivity (Wildman–Crippen MR) is 45.6 cm³/mol. The summed E-state index contributed by atoms with van der Waals surface area (Å²) in [7, 11) is 0. The Bertz CT molecular complexity index is 294. The van der Waals surface area contributed by atoms with Gasteiger partial charge < -0.3 is 0 Å². The van der Waals surface area contributed by atoms with E-state index >= 15 is 0 Å². The number of alkyl halides is 2. The Morgan fingerprint density at radius 1 is 1.23 bits per heavy atom. The smallest absolute Gasteiger partial charge is 0.210 e. The van der Waals surface area contributed by atoms with Crippen LogP contribution in [-0.4, -0.2) is 6.43 Å². The molecule has 0 fully saturated rings. The highest BCUT2D eigenvalue weighted by molar-refractivity contribution is 5.27. The van der Waals surface area contributed by atoms with Crippen molar-refractivity contribution in [1.29, 1.82) is 0 Å². The number of halogens is 3. The molecule has 1 aromatic rings. The van der Waals surface area contributed by atoms with Crippen LogP contribution in [0.25, 0.3) is 0 Å². The lowest BCUT2D eigenvalue weighted by molar-refractivity contribution is 0.119. The number of hydrogen-bond acceptors (Lipinski definition) is 0. The maximum Gasteiger partial charge on any atom is 0.245 e. The van der Waals surface area contributed by atoms with Gasteiger partial charge in [0.1, 0.15) is 5.82 Å². The van der Waals surface area contributed by atoms with Gasteiger partial charge in [0, 0.05) is 5.92 Å². The van der Waals surface area contributed by atoms with Crippen molar-refractivity contribution in [2.75, 3.05) is 0 Å². The zero-order valence-electron chi connectivity index (χ0n) is 7.52. The van der Waals surface area contributed by atoms with E-state index in [0.29, 0.717) is 0 Å². The van der Waals surface area contributed by atoms with Crippen LogP contribution < -0.4 is 0 Å². The predicted octanol–water partition coefficient (Wildman–Crippen LogP) is 3.50. The Morgan fingerprint density at radius 3 is 2.38 bits per heavy atom. The normalized spacial score (nSPS) is 13.4. The molecule has 0 aromatic heterocycles. The topological polar surface area (TPSA) is 0 Å². The first-order valence-corrected chi connectivity index (χ1v) is 4.06. The minimum absolute atomic E-state index is 0.0926. The van der Waals surface area contributed by atoms with Crippen LogP contribution in [0.1, 0.15) is 24.0 Å². The third kappa shape index (κ3) is 2.23. The van der Waals surface area contributed by atoms with E-state index in [1.165, 1.54) is 19.1 Å². The Balaban J connectivity index is 3.05. The van der Waals surface area contributed by atoms with E-state index in [0.717, 1.165) is 5.56 Å². The van der Waals surface area contributed by atoms with Gasteiger partial charge in [0.15, 0.2) is 0 Å². The molecule has 0 heterocycles. The Hall–Kier alpha value is -0.990. The molecule has 72 valence electrons. The zero-order valence-corrected chi connectivity index (χ0v) is 7.52. The van der Waals surface area contributed by atoms with Gasteiger partial charge in [-0.2, -0.15) is 0 Å². The molecular formula is C10H11F3. The van der Waals surface area contributed by atoms with Crippen LogP contribution in [0, 0.1) is 12.7 Å². The average molecular weight is 188 g/mol. The highest BCUT2D eigenvalue weighted by Gasteiger charge is 2.19. The Kier molecular flexibility index (Phi) is 2.96. The summed E-state index contributed by atoms with van der Waals surface area (Å²) in [5.41, 5.74) is 0.888. The number of rotatable bonds is 2. The van der Waals surface area contributed by atoms with Crippen LogP contribution >= 0.6 is 0 Å². The average Bonchev–Trinajstić information content (AvgIpc) is 2.08. The van der Waals surface area contributed by atoms with Gasteiger partial charge in [-0.3, -0.25) is 0 Å². The molecule has 0 aliphatic rings. The molecule has 1 aromatic carbocycles. The lowest BCUT2D eigenvalue weighted by Crippen LogP contribution is -2.07. The summed E-state index contributed by atoms with van der Waals surface area (Å²) in [4.78, 5) is 0. The molecule has 0 bridgehead atoms. The minimum atomic E-state index is -2.52. The first-order chi connectivity index (χ1) is 6.02. The zero-order chi connectivity index (χ0) is 10.0. The fourth-order valence-corrected chi connectivity index (χ4v) is 1.15. The van der Waals surface area contributed by atoms with Crippen molar-refractivity contribution in [3.63, 3.8) is 0 Å². The van der Waals surface area contributed by atoms with Crippen molar-refractivity contribution < 1.29 is 13.2 Å². The van der Waals surface area contributed by atoms with E-state index in [1.807, 2.05) is 0 Å². The molecule has 0 N–H and O–H groups in total. The van der Waals surface area contributed by atoms with Gasteiger partial charge in [-0.15, -0.1) is 0 Å². The van der Waals surface area contributed by atoms with E-state index < -0.39 is 18.2 Å². The van der Waals surface area contributed by atoms with Crippen molar-refractivity contribution >= 4 is 0 Å². The lowest BCUT2D eigenvalue weighted by atomic mass is 9.99. The molecule has 0 radical (unpaired) electrons. The summed E-state index contributed by atoms with van der Waals surface area (Å²) in [5, 5.41) is 0. The van der Waals surface area contributed by atoms with Gasteiger partial charge in [0.05, 0.1) is 0 Å². The van der Waals surface area contributed by atoms with Gasteiger partial charge >= 0.3 is 0 Å². The molecule has 0 aliphatic carbocycles. The minimum Gasteiger partial charge on any atom is -0.210 e. The second-order valence-electron chi connectivity index (χ2n) is 3.15. The Labute approximate surface area is 75.4 Å². The van der Waals surface area contributed by atoms with E-state index in [9.17, 15) is 13.2 Å². The second kappa shape index (κ2) is 3.81. The fourth-order valence-electron chi connectivity index (χ4n) is 1.15. The molecule has 3 heteroatoms. The fraction of sp³-hybridized carbons (Fsp3) is 0.400. The van der Waals surface area contributed by atoms with Gasteiger partial charge in [-0.05, 0) is 18.6 Å². The Morgan fingerprint density at radius 2 is 1.85 bits per heavy atom. The lowest BCUT2D eigenvalue weighted by Gasteiger charge is -2.11. The standard InChI is InChI=1S/C10H11F3/c1-6-3-4-9(11)8(5-6)7(2)10(12)13/h3-5,7,10H,1-2H3/t7-/m0/s1. The highest BCUT2D eigenvalue weighted by Crippen LogP contribution is 2.25. The van der Waals surface area contributed by atoms with Crippen molar-refractivity contribution in [2.24, 2.45) is 0 Å². The summed E-state index contributed by atoms with van der Waals surface area (Å²) in [5.74, 6) is -1.60. The summed E-state index contributed by atoms with van der Waals surface area (Å²) in [6.45, 7) is 3.07. The van der Waals surface area contributed by atoms with Crippen LogP contribution in [0.2, 0.25) is 0 Å². The van der Waals surface area contributed by atoms with Crippen LogP contribution in [0.3, 0.4) is 0 Å². The number of benzene rings is 1. The highest BCUT2D eigenvalue weighted by atomic mass is 19.3. The van der Waals surface area contributed by atoms with E-state index in [4.69, 9.17) is 0 Å². The van der Waals surface area contributed by atoms with Gasteiger partial charge in [-0.25, -0.2) is 13.2 Å². The maximum absolute atomic E-state index is 13.0. The first-order valence-electron chi connectivity index (χ1n) is 4.06. The molecule has 0 amide bonds. The van der Waals surface area contributed by atoms with Gasteiger partial charge in [0.25, 0.3) is 0 Å². The third-order valence-corrected chi connectivity index (χ3v) is 2.02. The van der Waals surface area contributed by atoms with Crippen molar-refractivity contribution in [3.8, 4) is 0 Å². The van der Waals surface area contributed by atoms with E-state index in [-0.39, 0.29) is 5.56 Å². The van der Waals surface area contributed by atoms with Crippen LogP contribution in [0.15, 0.2) is 18.2 Å². The van der Waals surface area contributed by atoms with Crippen molar-refractivity contribution in [1.82, 2.24) is 0 Å². The summed E-state index contributed by atoms with van der Waals surface area (Å²) in [6, 6.07) is 4.26. The molecule has 1 atom stereocenters. The number of aryl methyl sites for hydroxylation is 1. The summed E-state index contributed by atoms with van der Waals surface area (Å²) < 4.78 is 37.6. The third-order valence-electron chi connectivity index (χ3n) is 2.02. The molecular weight excluding hydrogens is 177 g/mol. The SMILES string of the molecule is Cc1ccc(F)c([C@H](C)C(F)F)c1. The quantitative estimate of drug-likeness (QED) is 0.666. The summed E-state index contributed by atoms with van der Waals surface area (Å²) in [6.07, 6.45) is -2.52. The molecule has 0 unspecified atom stereocenters. The van der Waals surface area contributed by atoms with Gasteiger partial charge in [0.2, 0.25) is 6.43 Å². The number of hydrogen-bond donors (Lipinski definition) is 0. The monoisotopic (exact) mass is 188 g/mol. The van der Waals surface area contributed by atoms with Crippen LogP contribution in [0.4, 0.5) is 13.2 Å². The van der Waals surface area contributed by atoms with Crippen molar-refractivity contribution in [2.45, 2.75) is 26.2 Å². The molecule has 13 heavy (non-hydrogen) atoms. The van der Waals surface area contributed by atoms with E-state index in [2.05, 4.69) is 0 Å². The second-order valence-corrected chi connectivity index (χ2v) is 3.15. The molecule has 0 saturated carbocycles.